The number of amides is 1. The average molecular weight is 362 g/mol. The first-order chi connectivity index (χ1) is 13.3. The van der Waals surface area contributed by atoms with E-state index in [1.165, 1.54) is 0 Å². The normalized spacial score (nSPS) is 16.9. The highest BCUT2D eigenvalue weighted by Gasteiger charge is 2.25. The van der Waals surface area contributed by atoms with Crippen molar-refractivity contribution in [3.8, 4) is 0 Å². The molecule has 1 atom stereocenters. The van der Waals surface area contributed by atoms with Crippen molar-refractivity contribution in [3.63, 3.8) is 0 Å². The van der Waals surface area contributed by atoms with Crippen molar-refractivity contribution in [1.29, 1.82) is 0 Å². The van der Waals surface area contributed by atoms with Crippen LogP contribution >= 0.6 is 0 Å². The Kier molecular flexibility index (Phi) is 5.09. The molecule has 1 aliphatic heterocycles. The molecule has 1 fully saturated rings. The van der Waals surface area contributed by atoms with E-state index in [4.69, 9.17) is 4.98 Å². The second-order valence-corrected chi connectivity index (χ2v) is 6.78. The maximum absolute atomic E-state index is 12.5. The fraction of sp³-hybridized carbons (Fsp3) is 0.300. The molecule has 1 amide bonds. The van der Waals surface area contributed by atoms with Crippen LogP contribution in [0.1, 0.15) is 29.0 Å². The standard InChI is InChI=1S/C20H22N6O/c27-20(17-12-21-14-23-17)26-10-4-5-15(13-26)11-16-6-3-8-19(24-16)25-18-7-1-2-9-22-18/h1-3,6-9,12,14-15H,4-5,10-11,13H2,(H,21,23)(H,22,24,25). The number of hydrogen-bond donors (Lipinski definition) is 2. The predicted octanol–water partition coefficient (Wildman–Crippen LogP) is 3.04. The first kappa shape index (κ1) is 17.2. The topological polar surface area (TPSA) is 86.8 Å². The van der Waals surface area contributed by atoms with Crippen LogP contribution in [0.15, 0.2) is 55.1 Å². The molecule has 3 aromatic rings. The summed E-state index contributed by atoms with van der Waals surface area (Å²) in [4.78, 5) is 30.3. The van der Waals surface area contributed by atoms with E-state index in [1.54, 1.807) is 18.7 Å². The lowest BCUT2D eigenvalue weighted by atomic mass is 9.93. The fourth-order valence-corrected chi connectivity index (χ4v) is 3.49. The molecule has 1 unspecified atom stereocenters. The lowest BCUT2D eigenvalue weighted by Crippen LogP contribution is -2.40. The highest BCUT2D eigenvalue weighted by atomic mass is 16.2. The summed E-state index contributed by atoms with van der Waals surface area (Å²) in [5.41, 5.74) is 1.58. The third-order valence-corrected chi connectivity index (χ3v) is 4.76. The van der Waals surface area contributed by atoms with Crippen molar-refractivity contribution in [2.75, 3.05) is 18.4 Å². The number of imidazole rings is 1. The van der Waals surface area contributed by atoms with Gasteiger partial charge >= 0.3 is 0 Å². The van der Waals surface area contributed by atoms with Gasteiger partial charge < -0.3 is 15.2 Å². The van der Waals surface area contributed by atoms with Crippen LogP contribution < -0.4 is 5.32 Å². The SMILES string of the molecule is O=C(c1cnc[nH]1)N1CCCC(Cc2cccc(Nc3ccccn3)n2)C1. The molecule has 138 valence electrons. The largest absolute Gasteiger partial charge is 0.341 e. The maximum Gasteiger partial charge on any atom is 0.271 e. The van der Waals surface area contributed by atoms with E-state index in [-0.39, 0.29) is 5.91 Å². The van der Waals surface area contributed by atoms with Crippen molar-refractivity contribution in [2.24, 2.45) is 5.92 Å². The molecule has 7 heteroatoms. The maximum atomic E-state index is 12.5. The minimum Gasteiger partial charge on any atom is -0.341 e. The number of likely N-dealkylation sites (tertiary alicyclic amines) is 1. The molecule has 0 bridgehead atoms. The van der Waals surface area contributed by atoms with Gasteiger partial charge in [0, 0.05) is 25.0 Å². The molecule has 27 heavy (non-hydrogen) atoms. The Hall–Kier alpha value is -3.22. The van der Waals surface area contributed by atoms with E-state index >= 15 is 0 Å². The minimum absolute atomic E-state index is 0.0238. The number of pyridine rings is 2. The van der Waals surface area contributed by atoms with Crippen molar-refractivity contribution in [1.82, 2.24) is 24.8 Å². The summed E-state index contributed by atoms with van der Waals surface area (Å²) in [5, 5.41) is 3.23. The summed E-state index contributed by atoms with van der Waals surface area (Å²) in [5.74, 6) is 1.99. The van der Waals surface area contributed by atoms with E-state index in [2.05, 4.69) is 20.3 Å². The molecule has 3 aromatic heterocycles. The van der Waals surface area contributed by atoms with Gasteiger partial charge in [-0.3, -0.25) is 4.79 Å². The third kappa shape index (κ3) is 4.31. The Balaban J connectivity index is 1.40. The number of aromatic nitrogens is 4. The number of nitrogens with one attached hydrogen (secondary N) is 2. The Bertz CT molecular complexity index is 881. The number of hydrogen-bond acceptors (Lipinski definition) is 5. The Morgan fingerprint density at radius 3 is 2.96 bits per heavy atom. The number of rotatable bonds is 5. The third-order valence-electron chi connectivity index (χ3n) is 4.76. The van der Waals surface area contributed by atoms with Gasteiger partial charge in [0.05, 0.1) is 12.5 Å². The van der Waals surface area contributed by atoms with Gasteiger partial charge in [0.15, 0.2) is 0 Å². The highest BCUT2D eigenvalue weighted by molar-refractivity contribution is 5.92. The summed E-state index contributed by atoms with van der Waals surface area (Å²) >= 11 is 0. The van der Waals surface area contributed by atoms with Gasteiger partial charge in [0.2, 0.25) is 0 Å². The minimum atomic E-state index is 0.0238. The van der Waals surface area contributed by atoms with E-state index < -0.39 is 0 Å². The molecule has 0 spiro atoms. The Morgan fingerprint density at radius 1 is 1.22 bits per heavy atom. The number of H-pyrrole nitrogens is 1. The van der Waals surface area contributed by atoms with Crippen LogP contribution in [0.25, 0.3) is 0 Å². The van der Waals surface area contributed by atoms with Crippen molar-refractivity contribution < 1.29 is 4.79 Å². The molecular weight excluding hydrogens is 340 g/mol. The predicted molar refractivity (Wildman–Crippen MR) is 103 cm³/mol. The first-order valence-corrected chi connectivity index (χ1v) is 9.19. The highest BCUT2D eigenvalue weighted by Crippen LogP contribution is 2.22. The zero-order valence-corrected chi connectivity index (χ0v) is 15.0. The molecule has 1 saturated heterocycles. The zero-order valence-electron chi connectivity index (χ0n) is 15.0. The van der Waals surface area contributed by atoms with Crippen LogP contribution in [0.3, 0.4) is 0 Å². The van der Waals surface area contributed by atoms with Gasteiger partial charge in [-0.25, -0.2) is 15.0 Å². The van der Waals surface area contributed by atoms with E-state index in [1.807, 2.05) is 41.3 Å². The number of nitrogens with zero attached hydrogens (tertiary/aromatic N) is 4. The van der Waals surface area contributed by atoms with Gasteiger partial charge in [-0.1, -0.05) is 12.1 Å². The molecule has 0 saturated carbocycles. The van der Waals surface area contributed by atoms with E-state index in [0.29, 0.717) is 11.6 Å². The van der Waals surface area contributed by atoms with Crippen molar-refractivity contribution in [2.45, 2.75) is 19.3 Å². The quantitative estimate of drug-likeness (QED) is 0.728. The molecule has 0 aromatic carbocycles. The number of piperidine rings is 1. The molecule has 2 N–H and O–H groups in total. The number of carbonyl (C=O) groups excluding carboxylic acids is 1. The van der Waals surface area contributed by atoms with Gasteiger partial charge in [0.25, 0.3) is 5.91 Å². The lowest BCUT2D eigenvalue weighted by molar-refractivity contribution is 0.0667. The molecule has 1 aliphatic rings. The van der Waals surface area contributed by atoms with Crippen LogP contribution in [0.4, 0.5) is 11.6 Å². The van der Waals surface area contributed by atoms with Crippen LogP contribution in [-0.2, 0) is 6.42 Å². The molecule has 4 heterocycles. The number of anilines is 2. The van der Waals surface area contributed by atoms with Crippen LogP contribution in [0.2, 0.25) is 0 Å². The molecule has 0 aliphatic carbocycles. The summed E-state index contributed by atoms with van der Waals surface area (Å²) in [6.07, 6.45) is 7.84. The second kappa shape index (κ2) is 7.99. The summed E-state index contributed by atoms with van der Waals surface area (Å²) < 4.78 is 0. The summed E-state index contributed by atoms with van der Waals surface area (Å²) in [7, 11) is 0. The van der Waals surface area contributed by atoms with Crippen molar-refractivity contribution >= 4 is 17.5 Å². The first-order valence-electron chi connectivity index (χ1n) is 9.19. The van der Waals surface area contributed by atoms with Crippen LogP contribution in [-0.4, -0.2) is 43.8 Å². The second-order valence-electron chi connectivity index (χ2n) is 6.78. The van der Waals surface area contributed by atoms with E-state index in [0.717, 1.165) is 49.7 Å². The smallest absolute Gasteiger partial charge is 0.271 e. The van der Waals surface area contributed by atoms with Crippen LogP contribution in [0, 0.1) is 5.92 Å². The Labute approximate surface area is 157 Å². The molecule has 4 rings (SSSR count). The molecule has 0 radical (unpaired) electrons. The molecular formula is C20H22N6O. The lowest BCUT2D eigenvalue weighted by Gasteiger charge is -2.32. The van der Waals surface area contributed by atoms with Gasteiger partial charge in [-0.2, -0.15) is 0 Å². The number of carbonyl (C=O) groups is 1. The van der Waals surface area contributed by atoms with E-state index in [9.17, 15) is 4.79 Å². The average Bonchev–Trinajstić information content (AvgIpc) is 3.23. The zero-order chi connectivity index (χ0) is 18.5. The van der Waals surface area contributed by atoms with Crippen molar-refractivity contribution in [3.05, 3.63) is 66.5 Å². The monoisotopic (exact) mass is 362 g/mol. The summed E-state index contributed by atoms with van der Waals surface area (Å²) in [6, 6.07) is 11.7. The Morgan fingerprint density at radius 2 is 2.15 bits per heavy atom. The van der Waals surface area contributed by atoms with Crippen LogP contribution in [0.5, 0.6) is 0 Å². The summed E-state index contributed by atoms with van der Waals surface area (Å²) in [6.45, 7) is 1.54. The molecule has 7 nitrogen and oxygen atoms in total. The fourth-order valence-electron chi connectivity index (χ4n) is 3.49. The van der Waals surface area contributed by atoms with Gasteiger partial charge in [0.1, 0.15) is 17.3 Å². The number of aromatic amines is 1. The van der Waals surface area contributed by atoms with Gasteiger partial charge in [-0.15, -0.1) is 0 Å². The van der Waals surface area contributed by atoms with Gasteiger partial charge in [-0.05, 0) is 49.4 Å².